The lowest BCUT2D eigenvalue weighted by Crippen LogP contribution is -2.26. The predicted molar refractivity (Wildman–Crippen MR) is 101 cm³/mol. The van der Waals surface area contributed by atoms with Crippen LogP contribution in [0.15, 0.2) is 12.2 Å². The monoisotopic (exact) mass is 446 g/mol. The fourth-order valence-corrected chi connectivity index (χ4v) is 3.23. The Labute approximate surface area is 166 Å². The minimum absolute atomic E-state index is 0.00121. The maximum atomic E-state index is 10.8. The molecule has 0 saturated carbocycles. The summed E-state index contributed by atoms with van der Waals surface area (Å²) in [6.45, 7) is -0.00121. The van der Waals surface area contributed by atoms with E-state index in [0.717, 1.165) is 44.9 Å². The summed E-state index contributed by atoms with van der Waals surface area (Å²) in [6, 6.07) is 0. The SMILES string of the molecule is O=C(O)C(CCC/C=C/CCCCCCCCCOS(=O)(=O)O)OS(=O)(=O)O. The van der Waals surface area contributed by atoms with E-state index in [-0.39, 0.29) is 13.0 Å². The van der Waals surface area contributed by atoms with E-state index in [1.807, 2.05) is 12.2 Å². The van der Waals surface area contributed by atoms with Gasteiger partial charge in [0.1, 0.15) is 0 Å². The van der Waals surface area contributed by atoms with Crippen LogP contribution in [0.25, 0.3) is 0 Å². The summed E-state index contributed by atoms with van der Waals surface area (Å²) in [5.41, 5.74) is 0. The molecule has 10 nitrogen and oxygen atoms in total. The first-order valence-electron chi connectivity index (χ1n) is 9.16. The summed E-state index contributed by atoms with van der Waals surface area (Å²) >= 11 is 0. The summed E-state index contributed by atoms with van der Waals surface area (Å²) < 4.78 is 67.0. The lowest BCUT2D eigenvalue weighted by molar-refractivity contribution is -0.145. The van der Waals surface area contributed by atoms with Gasteiger partial charge in [0.25, 0.3) is 0 Å². The van der Waals surface area contributed by atoms with Crippen molar-refractivity contribution in [3.8, 4) is 0 Å². The molecule has 0 spiro atoms. The van der Waals surface area contributed by atoms with Crippen LogP contribution >= 0.6 is 0 Å². The van der Waals surface area contributed by atoms with Crippen molar-refractivity contribution in [3.63, 3.8) is 0 Å². The molecule has 0 amide bonds. The van der Waals surface area contributed by atoms with Crippen molar-refractivity contribution < 1.29 is 44.2 Å². The highest BCUT2D eigenvalue weighted by molar-refractivity contribution is 7.81. The van der Waals surface area contributed by atoms with Crippen molar-refractivity contribution in [1.82, 2.24) is 0 Å². The van der Waals surface area contributed by atoms with Gasteiger partial charge in [-0.3, -0.25) is 9.11 Å². The van der Waals surface area contributed by atoms with Gasteiger partial charge in [-0.2, -0.15) is 16.8 Å². The average molecular weight is 447 g/mol. The maximum absolute atomic E-state index is 10.8. The number of aliphatic carboxylic acids is 1. The zero-order valence-corrected chi connectivity index (χ0v) is 17.4. The fraction of sp³-hybridized carbons (Fsp3) is 0.812. The first-order valence-corrected chi connectivity index (χ1v) is 11.9. The number of carbonyl (C=O) groups is 1. The number of carboxylic acids is 1. The van der Waals surface area contributed by atoms with E-state index >= 15 is 0 Å². The summed E-state index contributed by atoms with van der Waals surface area (Å²) in [6.07, 6.45) is 10.8. The first-order chi connectivity index (χ1) is 13.0. The number of carboxylic acid groups (broad SMARTS) is 1. The Morgan fingerprint density at radius 2 is 1.29 bits per heavy atom. The third-order valence-electron chi connectivity index (χ3n) is 3.76. The van der Waals surface area contributed by atoms with Crippen LogP contribution in [0.2, 0.25) is 0 Å². The van der Waals surface area contributed by atoms with E-state index in [2.05, 4.69) is 8.37 Å². The second-order valence-electron chi connectivity index (χ2n) is 6.27. The third-order valence-corrected chi connectivity index (χ3v) is 4.70. The number of hydrogen-bond acceptors (Lipinski definition) is 7. The summed E-state index contributed by atoms with van der Waals surface area (Å²) in [5.74, 6) is -1.44. The fourth-order valence-electron chi connectivity index (χ4n) is 2.43. The lowest BCUT2D eigenvalue weighted by atomic mass is 10.1. The molecule has 0 radical (unpaired) electrons. The molecule has 12 heteroatoms. The van der Waals surface area contributed by atoms with E-state index in [4.69, 9.17) is 14.2 Å². The first kappa shape index (κ1) is 27.0. The quantitative estimate of drug-likeness (QED) is 0.162. The van der Waals surface area contributed by atoms with Gasteiger partial charge in [0, 0.05) is 0 Å². The zero-order chi connectivity index (χ0) is 21.5. The van der Waals surface area contributed by atoms with Crippen molar-refractivity contribution >= 4 is 26.8 Å². The Hall–Kier alpha value is -1.05. The molecule has 0 aromatic rings. The Bertz CT molecular complexity index is 655. The second-order valence-corrected chi connectivity index (χ2v) is 8.41. The molecule has 1 unspecified atom stereocenters. The number of allylic oxidation sites excluding steroid dienone is 2. The van der Waals surface area contributed by atoms with Crippen LogP contribution in [-0.4, -0.2) is 49.7 Å². The molecule has 28 heavy (non-hydrogen) atoms. The van der Waals surface area contributed by atoms with Crippen molar-refractivity contribution in [2.75, 3.05) is 6.61 Å². The molecule has 0 heterocycles. The molecular weight excluding hydrogens is 416 g/mol. The lowest BCUT2D eigenvalue weighted by Gasteiger charge is -2.09. The van der Waals surface area contributed by atoms with Gasteiger partial charge in [-0.05, 0) is 38.5 Å². The van der Waals surface area contributed by atoms with E-state index in [1.165, 1.54) is 0 Å². The molecule has 0 saturated heterocycles. The van der Waals surface area contributed by atoms with Crippen molar-refractivity contribution in [3.05, 3.63) is 12.2 Å². The van der Waals surface area contributed by atoms with E-state index in [1.54, 1.807) is 0 Å². The van der Waals surface area contributed by atoms with Gasteiger partial charge in [-0.15, -0.1) is 0 Å². The summed E-state index contributed by atoms with van der Waals surface area (Å²) in [4.78, 5) is 10.8. The zero-order valence-electron chi connectivity index (χ0n) is 15.7. The van der Waals surface area contributed by atoms with E-state index in [9.17, 15) is 21.6 Å². The van der Waals surface area contributed by atoms with Crippen LogP contribution in [0.4, 0.5) is 0 Å². The van der Waals surface area contributed by atoms with Crippen LogP contribution < -0.4 is 0 Å². The molecule has 0 aromatic heterocycles. The van der Waals surface area contributed by atoms with Gasteiger partial charge in [0.15, 0.2) is 6.10 Å². The molecule has 0 fully saturated rings. The molecule has 0 rings (SSSR count). The van der Waals surface area contributed by atoms with Crippen molar-refractivity contribution in [2.45, 2.75) is 76.7 Å². The Kier molecular flexibility index (Phi) is 14.3. The maximum Gasteiger partial charge on any atom is 0.398 e. The Morgan fingerprint density at radius 1 is 0.786 bits per heavy atom. The van der Waals surface area contributed by atoms with Crippen LogP contribution in [0, 0.1) is 0 Å². The largest absolute Gasteiger partial charge is 0.479 e. The highest BCUT2D eigenvalue weighted by Crippen LogP contribution is 2.11. The Morgan fingerprint density at radius 3 is 1.79 bits per heavy atom. The molecular formula is C16H30O10S2. The molecule has 166 valence electrons. The van der Waals surface area contributed by atoms with E-state index in [0.29, 0.717) is 19.3 Å². The third kappa shape index (κ3) is 19.7. The highest BCUT2D eigenvalue weighted by atomic mass is 32.3. The van der Waals surface area contributed by atoms with Gasteiger partial charge < -0.3 is 5.11 Å². The summed E-state index contributed by atoms with van der Waals surface area (Å²) in [7, 11) is -9.11. The molecule has 0 aliphatic heterocycles. The summed E-state index contributed by atoms with van der Waals surface area (Å²) in [5, 5.41) is 8.81. The molecule has 0 aliphatic carbocycles. The molecule has 0 bridgehead atoms. The van der Waals surface area contributed by atoms with Gasteiger partial charge >= 0.3 is 26.8 Å². The van der Waals surface area contributed by atoms with Crippen LogP contribution in [0.3, 0.4) is 0 Å². The van der Waals surface area contributed by atoms with Gasteiger partial charge in [-0.25, -0.2) is 13.2 Å². The molecule has 0 aliphatic rings. The molecule has 3 N–H and O–H groups in total. The van der Waals surface area contributed by atoms with Crippen molar-refractivity contribution in [1.29, 1.82) is 0 Å². The van der Waals surface area contributed by atoms with Crippen molar-refractivity contribution in [2.24, 2.45) is 0 Å². The molecule has 0 aromatic carbocycles. The smallest absolute Gasteiger partial charge is 0.398 e. The molecule has 1 atom stereocenters. The normalized spacial score (nSPS) is 13.8. The predicted octanol–water partition coefficient (Wildman–Crippen LogP) is 2.93. The topological polar surface area (TPSA) is 164 Å². The van der Waals surface area contributed by atoms with Gasteiger partial charge in [-0.1, -0.05) is 44.3 Å². The highest BCUT2D eigenvalue weighted by Gasteiger charge is 2.23. The minimum Gasteiger partial charge on any atom is -0.479 e. The van der Waals surface area contributed by atoms with Crippen LogP contribution in [0.1, 0.15) is 70.6 Å². The van der Waals surface area contributed by atoms with Gasteiger partial charge in [0.05, 0.1) is 6.61 Å². The number of rotatable bonds is 18. The van der Waals surface area contributed by atoms with E-state index < -0.39 is 32.9 Å². The number of unbranched alkanes of at least 4 members (excludes halogenated alkanes) is 8. The standard InChI is InChI=1S/C16H30O10S2/c17-16(18)15(26-28(22,23)24)13-11-9-7-5-3-1-2-4-6-8-10-12-14-25-27(19,20)21/h5,7,15H,1-4,6,8-14H2,(H,17,18)(H,19,20,21)(H,22,23,24)/b7-5+. The average Bonchev–Trinajstić information content (AvgIpc) is 2.55. The number of hydrogen-bond donors (Lipinski definition) is 3. The van der Waals surface area contributed by atoms with Crippen LogP contribution in [0.5, 0.6) is 0 Å². The Balaban J connectivity index is 3.54. The minimum atomic E-state index is -4.78. The van der Waals surface area contributed by atoms with Crippen LogP contribution in [-0.2, 0) is 34.0 Å². The van der Waals surface area contributed by atoms with Gasteiger partial charge in [0.2, 0.25) is 0 Å². The second kappa shape index (κ2) is 14.9.